The van der Waals surface area contributed by atoms with Crippen LogP contribution in [0.4, 0.5) is 18.9 Å². The Morgan fingerprint density at radius 1 is 1.11 bits per heavy atom. The van der Waals surface area contributed by atoms with Crippen molar-refractivity contribution in [1.29, 1.82) is 0 Å². The first-order chi connectivity index (χ1) is 12.7. The summed E-state index contributed by atoms with van der Waals surface area (Å²) in [4.78, 5) is 16.5. The molecule has 0 saturated heterocycles. The maximum atomic E-state index is 12.6. The second kappa shape index (κ2) is 7.51. The molecule has 0 radical (unpaired) electrons. The van der Waals surface area contributed by atoms with Crippen LogP contribution in [0.5, 0.6) is 0 Å². The highest BCUT2D eigenvalue weighted by Gasteiger charge is 2.30. The highest BCUT2D eigenvalue weighted by molar-refractivity contribution is 9.10. The fourth-order valence-corrected chi connectivity index (χ4v) is 2.63. The van der Waals surface area contributed by atoms with E-state index in [0.29, 0.717) is 11.6 Å². The number of hydrogen-bond donors (Lipinski definition) is 1. The van der Waals surface area contributed by atoms with Crippen LogP contribution in [0.15, 0.2) is 53.0 Å². The first kappa shape index (κ1) is 19.1. The molecule has 27 heavy (non-hydrogen) atoms. The topological polar surface area (TPSA) is 59.8 Å². The molecule has 0 unspecified atom stereocenters. The van der Waals surface area contributed by atoms with E-state index < -0.39 is 17.6 Å². The molecule has 0 aliphatic rings. The quantitative estimate of drug-likeness (QED) is 0.643. The molecule has 3 rings (SSSR count). The van der Waals surface area contributed by atoms with Crippen LogP contribution in [0.1, 0.15) is 11.4 Å². The molecule has 0 aliphatic carbocycles. The molecule has 1 N–H and O–H groups in total. The van der Waals surface area contributed by atoms with Gasteiger partial charge in [0.2, 0.25) is 5.91 Å². The summed E-state index contributed by atoms with van der Waals surface area (Å²) in [6, 6.07) is 11.7. The Bertz CT molecular complexity index is 950. The molecule has 0 atom stereocenters. The highest BCUT2D eigenvalue weighted by atomic mass is 79.9. The average Bonchev–Trinajstić information content (AvgIpc) is 2.95. The lowest BCUT2D eigenvalue weighted by molar-refractivity contribution is -0.137. The summed E-state index contributed by atoms with van der Waals surface area (Å²) in [5.74, 6) is 0.628. The van der Waals surface area contributed by atoms with Crippen molar-refractivity contribution in [3.8, 4) is 11.4 Å². The molecule has 1 aromatic heterocycles. The van der Waals surface area contributed by atoms with Gasteiger partial charge in [-0.15, -0.1) is 0 Å². The predicted octanol–water partition coefficient (Wildman–Crippen LogP) is 4.67. The number of benzene rings is 2. The van der Waals surface area contributed by atoms with Crippen LogP contribution in [-0.4, -0.2) is 20.7 Å². The minimum absolute atomic E-state index is 0.101. The Labute approximate surface area is 161 Å². The normalized spacial score (nSPS) is 11.4. The number of anilines is 1. The first-order valence-corrected chi connectivity index (χ1v) is 8.66. The van der Waals surface area contributed by atoms with Crippen LogP contribution in [0.3, 0.4) is 0 Å². The van der Waals surface area contributed by atoms with E-state index in [1.54, 1.807) is 6.92 Å². The zero-order valence-corrected chi connectivity index (χ0v) is 15.7. The van der Waals surface area contributed by atoms with Crippen LogP contribution < -0.4 is 5.32 Å². The van der Waals surface area contributed by atoms with Crippen LogP contribution >= 0.6 is 15.9 Å². The third-order valence-electron chi connectivity index (χ3n) is 3.75. The molecule has 3 aromatic rings. The molecule has 9 heteroatoms. The highest BCUT2D eigenvalue weighted by Crippen LogP contribution is 2.29. The van der Waals surface area contributed by atoms with E-state index in [1.165, 1.54) is 16.8 Å². The van der Waals surface area contributed by atoms with Crippen LogP contribution in [0.2, 0.25) is 0 Å². The summed E-state index contributed by atoms with van der Waals surface area (Å²) < 4.78 is 40.1. The van der Waals surface area contributed by atoms with Gasteiger partial charge >= 0.3 is 6.18 Å². The Morgan fingerprint density at radius 3 is 2.33 bits per heavy atom. The van der Waals surface area contributed by atoms with Gasteiger partial charge in [-0.1, -0.05) is 28.1 Å². The number of nitrogens with zero attached hydrogens (tertiary/aromatic N) is 3. The summed E-state index contributed by atoms with van der Waals surface area (Å²) >= 11 is 3.36. The predicted molar refractivity (Wildman–Crippen MR) is 98.0 cm³/mol. The van der Waals surface area contributed by atoms with Crippen molar-refractivity contribution >= 4 is 27.5 Å². The van der Waals surface area contributed by atoms with Crippen LogP contribution in [0, 0.1) is 6.92 Å². The lowest BCUT2D eigenvalue weighted by Crippen LogP contribution is -2.20. The van der Waals surface area contributed by atoms with Gasteiger partial charge in [-0.25, -0.2) is 9.67 Å². The Hall–Kier alpha value is -2.68. The van der Waals surface area contributed by atoms with Gasteiger partial charge < -0.3 is 5.32 Å². The maximum absolute atomic E-state index is 12.6. The van der Waals surface area contributed by atoms with Crippen molar-refractivity contribution in [2.24, 2.45) is 0 Å². The SMILES string of the molecule is Cc1nc(-c2ccc(Br)cc2)nn1CC(=O)Nc1ccc(C(F)(F)F)cc1. The summed E-state index contributed by atoms with van der Waals surface area (Å²) in [6.45, 7) is 1.62. The monoisotopic (exact) mass is 438 g/mol. The summed E-state index contributed by atoms with van der Waals surface area (Å²) in [7, 11) is 0. The molecule has 0 aliphatic heterocycles. The minimum atomic E-state index is -4.41. The number of carbonyl (C=O) groups is 1. The standard InChI is InChI=1S/C18H14BrF3N4O/c1-11-23-17(12-2-6-14(19)7-3-12)25-26(11)10-16(27)24-15-8-4-13(5-9-15)18(20,21)22/h2-9H,10H2,1H3,(H,24,27). The van der Waals surface area contributed by atoms with Gasteiger partial charge in [0.05, 0.1) is 5.56 Å². The number of carbonyl (C=O) groups excluding carboxylic acids is 1. The van der Waals surface area contributed by atoms with Crippen LogP contribution in [0.25, 0.3) is 11.4 Å². The average molecular weight is 439 g/mol. The second-order valence-electron chi connectivity index (χ2n) is 5.77. The summed E-state index contributed by atoms with van der Waals surface area (Å²) in [6.07, 6.45) is -4.41. The zero-order valence-electron chi connectivity index (χ0n) is 14.1. The minimum Gasteiger partial charge on any atom is -0.324 e. The number of hydrogen-bond acceptors (Lipinski definition) is 3. The zero-order chi connectivity index (χ0) is 19.6. The van der Waals surface area contributed by atoms with E-state index in [2.05, 4.69) is 31.3 Å². The van der Waals surface area contributed by atoms with Crippen molar-refractivity contribution in [3.63, 3.8) is 0 Å². The molecule has 2 aromatic carbocycles. The van der Waals surface area contributed by atoms with Gasteiger partial charge in [0.15, 0.2) is 5.82 Å². The Morgan fingerprint density at radius 2 is 1.74 bits per heavy atom. The number of aromatic nitrogens is 3. The molecular formula is C18H14BrF3N4O. The number of nitrogens with one attached hydrogen (secondary N) is 1. The number of aryl methyl sites for hydroxylation is 1. The van der Waals surface area contributed by atoms with E-state index in [9.17, 15) is 18.0 Å². The van der Waals surface area contributed by atoms with Crippen molar-refractivity contribution in [1.82, 2.24) is 14.8 Å². The van der Waals surface area contributed by atoms with Crippen molar-refractivity contribution < 1.29 is 18.0 Å². The molecule has 1 amide bonds. The smallest absolute Gasteiger partial charge is 0.324 e. The van der Waals surface area contributed by atoms with E-state index in [0.717, 1.165) is 22.2 Å². The molecule has 0 spiro atoms. The molecule has 1 heterocycles. The van der Waals surface area contributed by atoms with E-state index in [4.69, 9.17) is 0 Å². The fraction of sp³-hybridized carbons (Fsp3) is 0.167. The third kappa shape index (κ3) is 4.73. The van der Waals surface area contributed by atoms with Crippen molar-refractivity contribution in [2.45, 2.75) is 19.6 Å². The fourth-order valence-electron chi connectivity index (χ4n) is 2.37. The van der Waals surface area contributed by atoms with Gasteiger partial charge in [0.1, 0.15) is 12.4 Å². The van der Waals surface area contributed by atoms with Gasteiger partial charge in [0, 0.05) is 15.7 Å². The number of alkyl halides is 3. The van der Waals surface area contributed by atoms with Crippen LogP contribution in [-0.2, 0) is 17.5 Å². The molecule has 5 nitrogen and oxygen atoms in total. The number of amides is 1. The van der Waals surface area contributed by atoms with Gasteiger partial charge in [0.25, 0.3) is 0 Å². The van der Waals surface area contributed by atoms with Gasteiger partial charge in [-0.3, -0.25) is 4.79 Å². The summed E-state index contributed by atoms with van der Waals surface area (Å²) in [5.41, 5.74) is 0.314. The molecular weight excluding hydrogens is 425 g/mol. The molecule has 0 fully saturated rings. The third-order valence-corrected chi connectivity index (χ3v) is 4.28. The summed E-state index contributed by atoms with van der Waals surface area (Å²) in [5, 5.41) is 6.87. The van der Waals surface area contributed by atoms with E-state index >= 15 is 0 Å². The molecule has 0 saturated carbocycles. The second-order valence-corrected chi connectivity index (χ2v) is 6.69. The Balaban J connectivity index is 1.68. The number of rotatable bonds is 4. The lowest BCUT2D eigenvalue weighted by Gasteiger charge is -2.09. The molecule has 0 bridgehead atoms. The lowest BCUT2D eigenvalue weighted by atomic mass is 10.2. The van der Waals surface area contributed by atoms with Gasteiger partial charge in [-0.2, -0.15) is 18.3 Å². The maximum Gasteiger partial charge on any atom is 0.416 e. The van der Waals surface area contributed by atoms with Crippen molar-refractivity contribution in [2.75, 3.05) is 5.32 Å². The molecule has 140 valence electrons. The largest absolute Gasteiger partial charge is 0.416 e. The Kier molecular flexibility index (Phi) is 5.31. The number of halogens is 4. The van der Waals surface area contributed by atoms with Gasteiger partial charge in [-0.05, 0) is 43.3 Å². The first-order valence-electron chi connectivity index (χ1n) is 7.87. The van der Waals surface area contributed by atoms with E-state index in [1.807, 2.05) is 24.3 Å². The van der Waals surface area contributed by atoms with E-state index in [-0.39, 0.29) is 12.2 Å². The van der Waals surface area contributed by atoms with Crippen molar-refractivity contribution in [3.05, 3.63) is 64.4 Å².